The van der Waals surface area contributed by atoms with Crippen LogP contribution in [0.4, 0.5) is 0 Å². The number of carboxylic acid groups (broad SMARTS) is 1. The highest BCUT2D eigenvalue weighted by molar-refractivity contribution is 5.72. The summed E-state index contributed by atoms with van der Waals surface area (Å²) in [6.45, 7) is 1.49. The van der Waals surface area contributed by atoms with Crippen molar-refractivity contribution in [3.63, 3.8) is 0 Å². The van der Waals surface area contributed by atoms with Crippen LogP contribution in [0.3, 0.4) is 0 Å². The molecule has 0 aromatic rings. The van der Waals surface area contributed by atoms with Crippen molar-refractivity contribution >= 4 is 11.9 Å². The van der Waals surface area contributed by atoms with E-state index in [1.165, 1.54) is 6.92 Å². The molecule has 0 unspecified atom stereocenters. The Kier molecular flexibility index (Phi) is 4.21. The molecule has 0 aromatic heterocycles. The molecule has 1 atom stereocenters. The van der Waals surface area contributed by atoms with Gasteiger partial charge in [0.25, 0.3) is 0 Å². The number of aliphatic carboxylic acids is 1. The molecule has 5 heteroatoms. The van der Waals surface area contributed by atoms with E-state index in [0.717, 1.165) is 0 Å². The van der Waals surface area contributed by atoms with Crippen LogP contribution in [0.1, 0.15) is 19.8 Å². The lowest BCUT2D eigenvalue weighted by Crippen LogP contribution is -2.14. The minimum atomic E-state index is -0.970. The number of carbonyl (C=O) groups excluding carboxylic acids is 1. The fraction of sp³-hybridized carbons (Fsp3) is 0.667. The SMILES string of the molecule is C[C@H](CCC(=O)O)C(=O)OO. The van der Waals surface area contributed by atoms with Crippen LogP contribution in [0.5, 0.6) is 0 Å². The number of rotatable bonds is 4. The van der Waals surface area contributed by atoms with Crippen LogP contribution < -0.4 is 0 Å². The molecule has 0 aliphatic rings. The summed E-state index contributed by atoms with van der Waals surface area (Å²) in [7, 11) is 0. The maximum Gasteiger partial charge on any atom is 0.344 e. The Morgan fingerprint density at radius 3 is 2.45 bits per heavy atom. The Bertz CT molecular complexity index is 153. The van der Waals surface area contributed by atoms with Crippen molar-refractivity contribution in [2.75, 3.05) is 0 Å². The first-order chi connectivity index (χ1) is 5.07. The van der Waals surface area contributed by atoms with E-state index in [1.54, 1.807) is 0 Å². The van der Waals surface area contributed by atoms with Gasteiger partial charge in [-0.25, -0.2) is 4.79 Å². The van der Waals surface area contributed by atoms with Gasteiger partial charge in [-0.05, 0) is 6.42 Å². The molecule has 0 aromatic carbocycles. The molecule has 0 rings (SSSR count). The summed E-state index contributed by atoms with van der Waals surface area (Å²) in [6.07, 6.45) is 0.0744. The summed E-state index contributed by atoms with van der Waals surface area (Å²) in [5, 5.41) is 16.1. The van der Waals surface area contributed by atoms with E-state index in [2.05, 4.69) is 4.89 Å². The predicted molar refractivity (Wildman–Crippen MR) is 34.8 cm³/mol. The van der Waals surface area contributed by atoms with Crippen molar-refractivity contribution in [1.82, 2.24) is 0 Å². The molecule has 0 spiro atoms. The Labute approximate surface area is 63.5 Å². The lowest BCUT2D eigenvalue weighted by Gasteiger charge is -2.03. The average Bonchev–Trinajstić information content (AvgIpc) is 1.98. The van der Waals surface area contributed by atoms with Crippen LogP contribution in [0.2, 0.25) is 0 Å². The van der Waals surface area contributed by atoms with Gasteiger partial charge in [0.2, 0.25) is 0 Å². The second-order valence-corrected chi connectivity index (χ2v) is 2.24. The zero-order valence-corrected chi connectivity index (χ0v) is 6.11. The Hall–Kier alpha value is -1.10. The van der Waals surface area contributed by atoms with Gasteiger partial charge in [-0.2, -0.15) is 5.26 Å². The molecule has 11 heavy (non-hydrogen) atoms. The van der Waals surface area contributed by atoms with Gasteiger partial charge in [-0.15, -0.1) is 0 Å². The third kappa shape index (κ3) is 4.32. The van der Waals surface area contributed by atoms with E-state index < -0.39 is 17.9 Å². The first-order valence-electron chi connectivity index (χ1n) is 3.15. The number of carbonyl (C=O) groups is 2. The summed E-state index contributed by atoms with van der Waals surface area (Å²) in [4.78, 5) is 23.9. The maximum absolute atomic E-state index is 10.5. The molecular formula is C6H10O5. The summed E-state index contributed by atoms with van der Waals surface area (Å²) in [6, 6.07) is 0. The fourth-order valence-electron chi connectivity index (χ4n) is 0.548. The Morgan fingerprint density at radius 2 is 2.09 bits per heavy atom. The summed E-state index contributed by atoms with van der Waals surface area (Å²) in [5.74, 6) is -2.34. The van der Waals surface area contributed by atoms with Gasteiger partial charge >= 0.3 is 11.9 Å². The highest BCUT2D eigenvalue weighted by Gasteiger charge is 2.15. The highest BCUT2D eigenvalue weighted by Crippen LogP contribution is 2.06. The van der Waals surface area contributed by atoms with Gasteiger partial charge in [0, 0.05) is 6.42 Å². The van der Waals surface area contributed by atoms with Crippen LogP contribution in [0.15, 0.2) is 0 Å². The smallest absolute Gasteiger partial charge is 0.344 e. The first-order valence-corrected chi connectivity index (χ1v) is 3.15. The Morgan fingerprint density at radius 1 is 1.55 bits per heavy atom. The van der Waals surface area contributed by atoms with Gasteiger partial charge in [-0.1, -0.05) is 6.92 Å². The maximum atomic E-state index is 10.5. The molecule has 5 nitrogen and oxygen atoms in total. The highest BCUT2D eigenvalue weighted by atomic mass is 17.1. The normalized spacial score (nSPS) is 12.2. The summed E-state index contributed by atoms with van der Waals surface area (Å²) in [5.41, 5.74) is 0. The van der Waals surface area contributed by atoms with E-state index in [0.29, 0.717) is 0 Å². The third-order valence-corrected chi connectivity index (χ3v) is 1.28. The molecular weight excluding hydrogens is 152 g/mol. The van der Waals surface area contributed by atoms with Crippen LogP contribution in [-0.4, -0.2) is 22.3 Å². The van der Waals surface area contributed by atoms with E-state index in [4.69, 9.17) is 10.4 Å². The van der Waals surface area contributed by atoms with Crippen molar-refractivity contribution in [3.05, 3.63) is 0 Å². The molecule has 0 radical (unpaired) electrons. The van der Waals surface area contributed by atoms with Gasteiger partial charge in [0.1, 0.15) is 0 Å². The van der Waals surface area contributed by atoms with Crippen LogP contribution in [0, 0.1) is 5.92 Å². The standard InChI is InChI=1S/C6H10O5/c1-4(6(9)11-10)2-3-5(7)8/h4,10H,2-3H2,1H3,(H,7,8)/t4-/m1/s1. The van der Waals surface area contributed by atoms with E-state index >= 15 is 0 Å². The van der Waals surface area contributed by atoms with Crippen molar-refractivity contribution in [1.29, 1.82) is 0 Å². The van der Waals surface area contributed by atoms with Gasteiger partial charge in [0.05, 0.1) is 5.92 Å². The molecule has 0 saturated carbocycles. The minimum absolute atomic E-state index is 0.101. The topological polar surface area (TPSA) is 83.8 Å². The van der Waals surface area contributed by atoms with Crippen LogP contribution in [-0.2, 0) is 14.5 Å². The molecule has 0 saturated heterocycles. The molecule has 0 bridgehead atoms. The molecule has 64 valence electrons. The molecule has 2 N–H and O–H groups in total. The summed E-state index contributed by atoms with van der Waals surface area (Å²) >= 11 is 0. The van der Waals surface area contributed by atoms with Crippen molar-refractivity contribution in [3.8, 4) is 0 Å². The Balaban J connectivity index is 3.60. The zero-order valence-electron chi connectivity index (χ0n) is 6.11. The van der Waals surface area contributed by atoms with Gasteiger partial charge < -0.3 is 9.99 Å². The lowest BCUT2D eigenvalue weighted by atomic mass is 10.1. The van der Waals surface area contributed by atoms with Crippen molar-refractivity contribution in [2.45, 2.75) is 19.8 Å². The predicted octanol–water partition coefficient (Wildman–Crippen LogP) is 0.503. The molecule has 0 aliphatic carbocycles. The van der Waals surface area contributed by atoms with Gasteiger partial charge in [0.15, 0.2) is 0 Å². The molecule has 0 heterocycles. The monoisotopic (exact) mass is 162 g/mol. The minimum Gasteiger partial charge on any atom is -0.481 e. The fourth-order valence-corrected chi connectivity index (χ4v) is 0.548. The number of hydrogen-bond donors (Lipinski definition) is 2. The van der Waals surface area contributed by atoms with Crippen LogP contribution >= 0.6 is 0 Å². The summed E-state index contributed by atoms with van der Waals surface area (Å²) < 4.78 is 0. The molecule has 0 fully saturated rings. The van der Waals surface area contributed by atoms with Crippen molar-refractivity contribution in [2.24, 2.45) is 5.92 Å². The molecule has 0 amide bonds. The van der Waals surface area contributed by atoms with E-state index in [-0.39, 0.29) is 12.8 Å². The van der Waals surface area contributed by atoms with Gasteiger partial charge in [-0.3, -0.25) is 4.79 Å². The second-order valence-electron chi connectivity index (χ2n) is 2.24. The quantitative estimate of drug-likeness (QED) is 0.464. The van der Waals surface area contributed by atoms with Crippen molar-refractivity contribution < 1.29 is 24.8 Å². The largest absolute Gasteiger partial charge is 0.481 e. The first kappa shape index (κ1) is 9.90. The number of hydrogen-bond acceptors (Lipinski definition) is 4. The average molecular weight is 162 g/mol. The second kappa shape index (κ2) is 4.68. The number of carboxylic acids is 1. The third-order valence-electron chi connectivity index (χ3n) is 1.28. The molecule has 0 aliphatic heterocycles. The van der Waals surface area contributed by atoms with Crippen LogP contribution in [0.25, 0.3) is 0 Å². The van der Waals surface area contributed by atoms with E-state index in [1.807, 2.05) is 0 Å². The zero-order chi connectivity index (χ0) is 8.85. The van der Waals surface area contributed by atoms with E-state index in [9.17, 15) is 9.59 Å². The lowest BCUT2D eigenvalue weighted by molar-refractivity contribution is -0.238.